The molecule has 210 valence electrons. The molecule has 2 aliphatic rings. The second kappa shape index (κ2) is 12.1. The maximum Gasteiger partial charge on any atom is 0.361 e. The zero-order valence-electron chi connectivity index (χ0n) is 22.7. The fourth-order valence-corrected chi connectivity index (χ4v) is 5.43. The Kier molecular flexibility index (Phi) is 8.37. The van der Waals surface area contributed by atoms with Crippen molar-refractivity contribution >= 4 is 17.5 Å². The van der Waals surface area contributed by atoms with E-state index < -0.39 is 11.7 Å². The lowest BCUT2D eigenvalue weighted by atomic mass is 10.0. The number of hydrogen-bond donors (Lipinski definition) is 1. The van der Waals surface area contributed by atoms with E-state index in [0.717, 1.165) is 31.5 Å². The fraction of sp³-hybridized carbons (Fsp3) is 0.367. The molecular formula is C30H33F2N4O4+. The van der Waals surface area contributed by atoms with Crippen molar-refractivity contribution in [3.8, 4) is 5.75 Å². The molecule has 1 fully saturated rings. The number of esters is 1. The summed E-state index contributed by atoms with van der Waals surface area (Å²) in [5.41, 5.74) is 2.87. The van der Waals surface area contributed by atoms with E-state index in [1.807, 2.05) is 18.2 Å². The summed E-state index contributed by atoms with van der Waals surface area (Å²) in [4.78, 5) is 32.2. The van der Waals surface area contributed by atoms with Crippen LogP contribution in [-0.2, 0) is 11.3 Å². The highest BCUT2D eigenvalue weighted by Gasteiger charge is 2.29. The molecule has 40 heavy (non-hydrogen) atoms. The normalized spacial score (nSPS) is 18.1. The molecule has 1 amide bonds. The Morgan fingerprint density at radius 3 is 2.85 bits per heavy atom. The van der Waals surface area contributed by atoms with E-state index in [1.54, 1.807) is 41.0 Å². The number of pyridine rings is 1. The Morgan fingerprint density at radius 2 is 2.05 bits per heavy atom. The van der Waals surface area contributed by atoms with Gasteiger partial charge in [-0.1, -0.05) is 12.1 Å². The highest BCUT2D eigenvalue weighted by Crippen LogP contribution is 2.29. The van der Waals surface area contributed by atoms with Gasteiger partial charge in [0.2, 0.25) is 0 Å². The summed E-state index contributed by atoms with van der Waals surface area (Å²) in [6.07, 6.45) is 5.44. The number of imidazole rings is 1. The Bertz CT molecular complexity index is 1500. The minimum Gasteiger partial charge on any atom is -0.485 e. The van der Waals surface area contributed by atoms with Crippen molar-refractivity contribution in [3.63, 3.8) is 0 Å². The average molecular weight is 552 g/mol. The highest BCUT2D eigenvalue weighted by atomic mass is 19.1. The zero-order chi connectivity index (χ0) is 28.2. The first kappa shape index (κ1) is 27.7. The number of aromatic nitrogens is 2. The van der Waals surface area contributed by atoms with Gasteiger partial charge in [-0.05, 0) is 62.2 Å². The summed E-state index contributed by atoms with van der Waals surface area (Å²) in [6, 6.07) is 10.9. The van der Waals surface area contributed by atoms with Crippen molar-refractivity contribution in [2.45, 2.75) is 45.2 Å². The first-order chi connectivity index (χ1) is 19.3. The van der Waals surface area contributed by atoms with Gasteiger partial charge in [0.25, 0.3) is 0 Å². The molecule has 1 aromatic carbocycles. The van der Waals surface area contributed by atoms with Gasteiger partial charge < -0.3 is 9.47 Å². The lowest BCUT2D eigenvalue weighted by molar-refractivity contribution is -0.597. The van der Waals surface area contributed by atoms with Crippen molar-refractivity contribution in [1.82, 2.24) is 14.3 Å². The number of primary amides is 1. The predicted molar refractivity (Wildman–Crippen MR) is 144 cm³/mol. The average Bonchev–Trinajstić information content (AvgIpc) is 3.29. The zero-order valence-corrected chi connectivity index (χ0v) is 22.7. The third-order valence-corrected chi connectivity index (χ3v) is 7.38. The number of methoxy groups -OCH3 is 1. The van der Waals surface area contributed by atoms with Crippen LogP contribution in [0, 0.1) is 6.92 Å². The molecule has 1 aliphatic carbocycles. The van der Waals surface area contributed by atoms with Crippen molar-refractivity contribution in [3.05, 3.63) is 88.4 Å². The third-order valence-electron chi connectivity index (χ3n) is 7.38. The van der Waals surface area contributed by atoms with Crippen molar-refractivity contribution in [2.75, 3.05) is 26.8 Å². The second-order valence-electron chi connectivity index (χ2n) is 10.2. The monoisotopic (exact) mass is 551 g/mol. The number of likely N-dealkylation sites (tertiary alicyclic amines) is 1. The SMILES string of the molecule is COC(=O)c1cccc(CN2CCCC([NH2+]C(=O)c3c(C)nc4c(OCC5=C(F)CCC=C5F)cccn34)C2)c1. The molecule has 1 unspecified atom stereocenters. The van der Waals surface area contributed by atoms with Crippen LogP contribution in [0.25, 0.3) is 5.65 Å². The maximum atomic E-state index is 14.2. The van der Waals surface area contributed by atoms with Crippen molar-refractivity contribution in [2.24, 2.45) is 0 Å². The van der Waals surface area contributed by atoms with Crippen LogP contribution >= 0.6 is 0 Å². The molecule has 5 rings (SSSR count). The van der Waals surface area contributed by atoms with Crippen LogP contribution in [0.3, 0.4) is 0 Å². The lowest BCUT2D eigenvalue weighted by Crippen LogP contribution is -2.95. The van der Waals surface area contributed by atoms with Crippen LogP contribution in [0.4, 0.5) is 8.78 Å². The van der Waals surface area contributed by atoms with Crippen LogP contribution in [0.2, 0.25) is 0 Å². The first-order valence-electron chi connectivity index (χ1n) is 13.5. The number of ether oxygens (including phenoxy) is 2. The number of aryl methyl sites for hydroxylation is 1. The number of hydrogen-bond acceptors (Lipinski definition) is 6. The number of amides is 1. The third kappa shape index (κ3) is 5.97. The first-order valence-corrected chi connectivity index (χ1v) is 13.5. The number of piperidine rings is 1. The number of allylic oxidation sites excluding steroid dienone is 2. The molecule has 0 bridgehead atoms. The highest BCUT2D eigenvalue weighted by molar-refractivity contribution is 5.89. The summed E-state index contributed by atoms with van der Waals surface area (Å²) in [5, 5.41) is 1.77. The molecule has 0 saturated carbocycles. The molecule has 0 spiro atoms. The van der Waals surface area contributed by atoms with Gasteiger partial charge in [-0.15, -0.1) is 0 Å². The molecule has 2 aromatic heterocycles. The van der Waals surface area contributed by atoms with Crippen LogP contribution in [0.5, 0.6) is 5.75 Å². The van der Waals surface area contributed by atoms with Gasteiger partial charge in [0, 0.05) is 25.6 Å². The summed E-state index contributed by atoms with van der Waals surface area (Å²) in [5.74, 6) is -1.25. The summed E-state index contributed by atoms with van der Waals surface area (Å²) < 4.78 is 40.6. The molecule has 1 saturated heterocycles. The Hall–Kier alpha value is -3.89. The molecule has 0 radical (unpaired) electrons. The lowest BCUT2D eigenvalue weighted by Gasteiger charge is -2.30. The van der Waals surface area contributed by atoms with Crippen LogP contribution < -0.4 is 10.1 Å². The van der Waals surface area contributed by atoms with E-state index in [2.05, 4.69) is 9.88 Å². The number of fused-ring (bicyclic) bond motifs is 1. The summed E-state index contributed by atoms with van der Waals surface area (Å²) in [7, 11) is 1.37. The number of carbonyl (C=O) groups is 2. The maximum absolute atomic E-state index is 14.2. The molecule has 2 N–H and O–H groups in total. The van der Waals surface area contributed by atoms with Gasteiger partial charge in [0.1, 0.15) is 24.3 Å². The number of benzene rings is 1. The minimum absolute atomic E-state index is 0.0606. The van der Waals surface area contributed by atoms with Gasteiger partial charge in [0.15, 0.2) is 17.1 Å². The van der Waals surface area contributed by atoms with Crippen LogP contribution in [-0.4, -0.2) is 59.0 Å². The van der Waals surface area contributed by atoms with Gasteiger partial charge in [-0.25, -0.2) is 23.4 Å². The van der Waals surface area contributed by atoms with E-state index in [0.29, 0.717) is 41.3 Å². The number of rotatable bonds is 8. The number of nitrogens with two attached hydrogens (primary N) is 1. The minimum atomic E-state index is -0.599. The fourth-order valence-electron chi connectivity index (χ4n) is 5.43. The van der Waals surface area contributed by atoms with E-state index in [-0.39, 0.29) is 36.5 Å². The van der Waals surface area contributed by atoms with Gasteiger partial charge in [-0.3, -0.25) is 14.6 Å². The van der Waals surface area contributed by atoms with Gasteiger partial charge >= 0.3 is 11.9 Å². The molecule has 3 aromatic rings. The smallest absolute Gasteiger partial charge is 0.361 e. The van der Waals surface area contributed by atoms with E-state index >= 15 is 0 Å². The molecular weight excluding hydrogens is 518 g/mol. The van der Waals surface area contributed by atoms with Crippen LogP contribution in [0.15, 0.2) is 65.9 Å². The standard InChI is InChI=1S/C30H32F2N4O4/c1-19-27(36-14-6-12-26(28(36)33-19)40-18-23-24(31)10-4-11-25(23)32)29(37)34-22-9-5-13-35(17-22)16-20-7-3-8-21(15-20)30(38)39-2/h3,6-8,10,12,14-15,22H,4-5,9,11,13,16-18H2,1-2H3,(H,34,37)/p+1. The predicted octanol–water partition coefficient (Wildman–Crippen LogP) is 4.05. The van der Waals surface area contributed by atoms with Gasteiger partial charge in [-0.2, -0.15) is 0 Å². The van der Waals surface area contributed by atoms with E-state index in [9.17, 15) is 18.4 Å². The Morgan fingerprint density at radius 1 is 1.20 bits per heavy atom. The Labute approximate surface area is 231 Å². The number of halogens is 2. The summed E-state index contributed by atoms with van der Waals surface area (Å²) >= 11 is 0. The molecule has 3 heterocycles. The molecule has 8 nitrogen and oxygen atoms in total. The number of carbonyl (C=O) groups excluding carboxylic acids is 2. The van der Waals surface area contributed by atoms with Crippen molar-refractivity contribution < 1.29 is 33.2 Å². The van der Waals surface area contributed by atoms with Crippen LogP contribution in [0.1, 0.15) is 57.8 Å². The Balaban J connectivity index is 1.27. The topological polar surface area (TPSA) is 89.8 Å². The molecule has 1 aliphatic heterocycles. The largest absolute Gasteiger partial charge is 0.485 e. The van der Waals surface area contributed by atoms with Crippen molar-refractivity contribution in [1.29, 1.82) is 0 Å². The number of nitrogens with zero attached hydrogens (tertiary/aromatic N) is 3. The van der Waals surface area contributed by atoms with Gasteiger partial charge in [0.05, 0.1) is 30.5 Å². The summed E-state index contributed by atoms with van der Waals surface area (Å²) in [6.45, 7) is 3.81. The van der Waals surface area contributed by atoms with E-state index in [4.69, 9.17) is 9.47 Å². The molecule has 1 atom stereocenters. The second-order valence-corrected chi connectivity index (χ2v) is 10.2. The van der Waals surface area contributed by atoms with E-state index in [1.165, 1.54) is 13.2 Å². The quantitative estimate of drug-likeness (QED) is 0.425. The molecule has 10 heteroatoms. The number of quaternary nitrogens is 1.